The molecule has 2 heteroatoms. The molecule has 0 saturated carbocycles. The first-order valence-corrected chi connectivity index (χ1v) is 9.58. The van der Waals surface area contributed by atoms with Gasteiger partial charge in [-0.05, 0) is 59.2 Å². The van der Waals surface area contributed by atoms with E-state index in [4.69, 9.17) is 0 Å². The van der Waals surface area contributed by atoms with E-state index < -0.39 is 0 Å². The van der Waals surface area contributed by atoms with Crippen molar-refractivity contribution < 1.29 is 4.79 Å². The normalized spacial score (nSPS) is 11.1. The SMILES string of the molecule is O=C/C=C(\c1ccccc1)c1ccc(N(c2ccccc2)c2ccccc2)cc1. The Labute approximate surface area is 171 Å². The summed E-state index contributed by atoms with van der Waals surface area (Å²) in [6, 6.07) is 38.9. The van der Waals surface area contributed by atoms with Crippen molar-refractivity contribution in [2.75, 3.05) is 4.90 Å². The maximum absolute atomic E-state index is 11.2. The van der Waals surface area contributed by atoms with Gasteiger partial charge in [-0.1, -0.05) is 78.9 Å². The fourth-order valence-corrected chi connectivity index (χ4v) is 3.44. The van der Waals surface area contributed by atoms with Gasteiger partial charge in [0.05, 0.1) is 0 Å². The smallest absolute Gasteiger partial charge is 0.143 e. The van der Waals surface area contributed by atoms with E-state index in [2.05, 4.69) is 53.4 Å². The van der Waals surface area contributed by atoms with Gasteiger partial charge in [0.25, 0.3) is 0 Å². The average molecular weight is 375 g/mol. The second-order valence-corrected chi connectivity index (χ2v) is 6.64. The molecule has 29 heavy (non-hydrogen) atoms. The van der Waals surface area contributed by atoms with Crippen molar-refractivity contribution in [3.05, 3.63) is 132 Å². The van der Waals surface area contributed by atoms with Crippen molar-refractivity contribution in [3.63, 3.8) is 0 Å². The Morgan fingerprint density at radius 3 is 1.41 bits per heavy atom. The van der Waals surface area contributed by atoms with Crippen molar-refractivity contribution in [2.45, 2.75) is 0 Å². The molecule has 4 rings (SSSR count). The summed E-state index contributed by atoms with van der Waals surface area (Å²) in [6.45, 7) is 0. The summed E-state index contributed by atoms with van der Waals surface area (Å²) < 4.78 is 0. The molecule has 0 aliphatic heterocycles. The van der Waals surface area contributed by atoms with Gasteiger partial charge in [0, 0.05) is 17.1 Å². The molecule has 0 fully saturated rings. The van der Waals surface area contributed by atoms with Crippen LogP contribution in [0.1, 0.15) is 11.1 Å². The predicted molar refractivity (Wildman–Crippen MR) is 121 cm³/mol. The first kappa shape index (κ1) is 18.5. The van der Waals surface area contributed by atoms with Crippen molar-refractivity contribution in [1.82, 2.24) is 0 Å². The van der Waals surface area contributed by atoms with Gasteiger partial charge in [-0.2, -0.15) is 0 Å². The first-order valence-electron chi connectivity index (χ1n) is 9.58. The molecular weight excluding hydrogens is 354 g/mol. The monoisotopic (exact) mass is 375 g/mol. The zero-order chi connectivity index (χ0) is 19.9. The van der Waals surface area contributed by atoms with E-state index >= 15 is 0 Å². The summed E-state index contributed by atoms with van der Waals surface area (Å²) in [5.41, 5.74) is 6.20. The first-order chi connectivity index (χ1) is 14.4. The van der Waals surface area contributed by atoms with Gasteiger partial charge in [0.15, 0.2) is 0 Å². The van der Waals surface area contributed by atoms with Crippen molar-refractivity contribution in [3.8, 4) is 0 Å². The molecule has 0 amide bonds. The lowest BCUT2D eigenvalue weighted by Crippen LogP contribution is -2.09. The molecule has 0 atom stereocenters. The minimum atomic E-state index is 0.844. The third-order valence-electron chi connectivity index (χ3n) is 4.78. The summed E-state index contributed by atoms with van der Waals surface area (Å²) in [5, 5.41) is 0. The molecule has 0 aliphatic carbocycles. The van der Waals surface area contributed by atoms with Gasteiger partial charge >= 0.3 is 0 Å². The molecule has 0 spiro atoms. The molecule has 4 aromatic carbocycles. The number of aldehydes is 1. The molecule has 4 aromatic rings. The molecule has 0 aliphatic rings. The third kappa shape index (κ3) is 4.17. The lowest BCUT2D eigenvalue weighted by atomic mass is 9.97. The Hall–Kier alpha value is -3.91. The average Bonchev–Trinajstić information content (AvgIpc) is 2.80. The van der Waals surface area contributed by atoms with Crippen LogP contribution < -0.4 is 4.90 Å². The summed E-state index contributed by atoms with van der Waals surface area (Å²) in [4.78, 5) is 13.4. The van der Waals surface area contributed by atoms with E-state index in [1.165, 1.54) is 0 Å². The number of hydrogen-bond donors (Lipinski definition) is 0. The van der Waals surface area contributed by atoms with Crippen LogP contribution in [0.15, 0.2) is 121 Å². The van der Waals surface area contributed by atoms with Crippen molar-refractivity contribution in [2.24, 2.45) is 0 Å². The molecule has 2 nitrogen and oxygen atoms in total. The molecule has 0 radical (unpaired) electrons. The van der Waals surface area contributed by atoms with Crippen LogP contribution >= 0.6 is 0 Å². The number of allylic oxidation sites excluding steroid dienone is 1. The van der Waals surface area contributed by atoms with E-state index in [9.17, 15) is 4.79 Å². The Bertz CT molecular complexity index is 1050. The minimum Gasteiger partial charge on any atom is -0.311 e. The minimum absolute atomic E-state index is 0.844. The van der Waals surface area contributed by atoms with Crippen LogP contribution in [0, 0.1) is 0 Å². The van der Waals surface area contributed by atoms with E-state index in [0.29, 0.717) is 0 Å². The lowest BCUT2D eigenvalue weighted by molar-refractivity contribution is -0.104. The summed E-state index contributed by atoms with van der Waals surface area (Å²) in [7, 11) is 0. The van der Waals surface area contributed by atoms with Gasteiger partial charge in [0.1, 0.15) is 6.29 Å². The van der Waals surface area contributed by atoms with Crippen LogP contribution in [-0.2, 0) is 4.79 Å². The highest BCUT2D eigenvalue weighted by Crippen LogP contribution is 2.35. The number of para-hydroxylation sites is 2. The van der Waals surface area contributed by atoms with Crippen LogP contribution in [0.5, 0.6) is 0 Å². The summed E-state index contributed by atoms with van der Waals surface area (Å²) in [6.07, 6.45) is 2.47. The van der Waals surface area contributed by atoms with Crippen molar-refractivity contribution >= 4 is 28.9 Å². The lowest BCUT2D eigenvalue weighted by Gasteiger charge is -2.25. The fraction of sp³-hybridized carbons (Fsp3) is 0. The summed E-state index contributed by atoms with van der Waals surface area (Å²) >= 11 is 0. The van der Waals surface area contributed by atoms with Gasteiger partial charge in [-0.25, -0.2) is 0 Å². The Balaban J connectivity index is 1.75. The van der Waals surface area contributed by atoms with Crippen LogP contribution in [0.2, 0.25) is 0 Å². The third-order valence-corrected chi connectivity index (χ3v) is 4.78. The molecular formula is C27H21NO. The molecule has 0 N–H and O–H groups in total. The quantitative estimate of drug-likeness (QED) is 0.273. The zero-order valence-electron chi connectivity index (χ0n) is 16.0. The predicted octanol–water partition coefficient (Wildman–Crippen LogP) is 6.79. The standard InChI is InChI=1S/C27H21NO/c29-21-20-27(22-10-4-1-5-11-22)23-16-18-26(19-17-23)28(24-12-6-2-7-13-24)25-14-8-3-9-15-25/h1-21H/b27-20+. The largest absolute Gasteiger partial charge is 0.311 e. The number of rotatable bonds is 6. The van der Waals surface area contributed by atoms with E-state index in [0.717, 1.165) is 40.0 Å². The van der Waals surface area contributed by atoms with Gasteiger partial charge < -0.3 is 4.90 Å². The van der Waals surface area contributed by atoms with Crippen molar-refractivity contribution in [1.29, 1.82) is 0 Å². The Kier molecular flexibility index (Phi) is 5.63. The Morgan fingerprint density at radius 2 is 0.931 bits per heavy atom. The van der Waals surface area contributed by atoms with E-state index in [-0.39, 0.29) is 0 Å². The second kappa shape index (κ2) is 8.85. The molecule has 140 valence electrons. The number of nitrogens with zero attached hydrogens (tertiary/aromatic N) is 1. The maximum atomic E-state index is 11.2. The molecule has 0 heterocycles. The van der Waals surface area contributed by atoms with Crippen LogP contribution in [0.25, 0.3) is 5.57 Å². The number of benzene rings is 4. The molecule has 0 saturated heterocycles. The second-order valence-electron chi connectivity index (χ2n) is 6.64. The van der Waals surface area contributed by atoms with Gasteiger partial charge in [-0.15, -0.1) is 0 Å². The number of carbonyl (C=O) groups is 1. The fourth-order valence-electron chi connectivity index (χ4n) is 3.44. The van der Waals surface area contributed by atoms with E-state index in [1.54, 1.807) is 6.08 Å². The highest BCUT2D eigenvalue weighted by atomic mass is 16.1. The maximum Gasteiger partial charge on any atom is 0.143 e. The topological polar surface area (TPSA) is 20.3 Å². The van der Waals surface area contributed by atoms with Crippen LogP contribution in [0.3, 0.4) is 0 Å². The number of anilines is 3. The number of hydrogen-bond acceptors (Lipinski definition) is 2. The van der Waals surface area contributed by atoms with Gasteiger partial charge in [-0.3, -0.25) is 4.79 Å². The van der Waals surface area contributed by atoms with Crippen LogP contribution in [0.4, 0.5) is 17.1 Å². The summed E-state index contributed by atoms with van der Waals surface area (Å²) in [5.74, 6) is 0. The van der Waals surface area contributed by atoms with Gasteiger partial charge in [0.2, 0.25) is 0 Å². The van der Waals surface area contributed by atoms with Crippen LogP contribution in [-0.4, -0.2) is 6.29 Å². The molecule has 0 bridgehead atoms. The highest BCUT2D eigenvalue weighted by Gasteiger charge is 2.12. The zero-order valence-corrected chi connectivity index (χ0v) is 16.0. The molecule has 0 unspecified atom stereocenters. The Morgan fingerprint density at radius 1 is 0.517 bits per heavy atom. The number of carbonyl (C=O) groups excluding carboxylic acids is 1. The molecule has 0 aromatic heterocycles. The van der Waals surface area contributed by atoms with E-state index in [1.807, 2.05) is 66.7 Å². The highest BCUT2D eigenvalue weighted by molar-refractivity contribution is 5.90.